The van der Waals surface area contributed by atoms with E-state index in [9.17, 15) is 9.59 Å². The molecule has 0 aliphatic rings. The van der Waals surface area contributed by atoms with Gasteiger partial charge >= 0.3 is 5.97 Å². The van der Waals surface area contributed by atoms with Gasteiger partial charge in [-0.15, -0.1) is 0 Å². The number of amides is 1. The van der Waals surface area contributed by atoms with Crippen molar-refractivity contribution in [3.8, 4) is 0 Å². The lowest BCUT2D eigenvalue weighted by molar-refractivity contribution is -0.136. The molecule has 0 aliphatic heterocycles. The van der Waals surface area contributed by atoms with Crippen molar-refractivity contribution in [2.75, 3.05) is 30.6 Å². The molecule has 0 bridgehead atoms. The minimum Gasteiger partial charge on any atom is -0.481 e. The Bertz CT molecular complexity index is 367. The Kier molecular flexibility index (Phi) is 39.9. The normalized spacial score (nSPS) is 9.91. The first kappa shape index (κ1) is 36.2. The molecular weight excluding hydrogens is 438 g/mol. The summed E-state index contributed by atoms with van der Waals surface area (Å²) < 4.78 is 0. The van der Waals surface area contributed by atoms with Gasteiger partial charge in [-0.05, 0) is 18.9 Å². The van der Waals surface area contributed by atoms with Gasteiger partial charge in [0.1, 0.15) is 0 Å². The van der Waals surface area contributed by atoms with E-state index in [0.717, 1.165) is 24.5 Å². The quantitative estimate of drug-likeness (QED) is 0.167. The molecule has 0 aromatic heterocycles. The number of hydrogen-bond acceptors (Lipinski definition) is 4. The fraction of sp³-hybridized carbons (Fsp3) is 0.923. The summed E-state index contributed by atoms with van der Waals surface area (Å²) in [5.74, 6) is 1.15. The second-order valence-corrected chi connectivity index (χ2v) is 10.1. The van der Waals surface area contributed by atoms with Crippen molar-refractivity contribution < 1.29 is 14.7 Å². The second kappa shape index (κ2) is 35.2. The van der Waals surface area contributed by atoms with E-state index in [1.807, 2.05) is 12.5 Å². The summed E-state index contributed by atoms with van der Waals surface area (Å²) in [6.07, 6.45) is 23.9. The molecule has 0 saturated carbocycles. The predicted molar refractivity (Wildman–Crippen MR) is 148 cm³/mol. The van der Waals surface area contributed by atoms with Crippen molar-refractivity contribution in [3.63, 3.8) is 0 Å². The third-order valence-electron chi connectivity index (χ3n) is 4.91. The highest BCUT2D eigenvalue weighted by Gasteiger charge is 1.99. The summed E-state index contributed by atoms with van der Waals surface area (Å²) >= 11 is 3.28. The number of carboxylic acid groups (broad SMARTS) is 1. The minimum absolute atomic E-state index is 0.215. The van der Waals surface area contributed by atoms with Crippen molar-refractivity contribution in [1.29, 1.82) is 0 Å². The highest BCUT2D eigenvalue weighted by atomic mass is 32.2. The molecule has 2 N–H and O–H groups in total. The zero-order chi connectivity index (χ0) is 24.7. The van der Waals surface area contributed by atoms with Crippen LogP contribution in [0.5, 0.6) is 0 Å². The summed E-state index contributed by atoms with van der Waals surface area (Å²) in [5.41, 5.74) is 0. The number of unbranched alkanes of at least 4 members (excludes halogenated alkanes) is 12. The molecule has 0 radical (unpaired) electrons. The van der Waals surface area contributed by atoms with E-state index in [4.69, 9.17) is 5.11 Å². The number of rotatable bonds is 20. The number of carbonyl (C=O) groups is 2. The van der Waals surface area contributed by atoms with E-state index in [2.05, 4.69) is 26.1 Å². The molecule has 1 amide bonds. The van der Waals surface area contributed by atoms with Gasteiger partial charge in [-0.1, -0.05) is 104 Å². The molecule has 0 aliphatic carbocycles. The van der Waals surface area contributed by atoms with Gasteiger partial charge in [0.25, 0.3) is 0 Å². The highest BCUT2D eigenvalue weighted by molar-refractivity contribution is 7.98. The van der Waals surface area contributed by atoms with Gasteiger partial charge in [-0.3, -0.25) is 9.59 Å². The molecule has 0 rings (SSSR count). The zero-order valence-electron chi connectivity index (χ0n) is 22.0. The van der Waals surface area contributed by atoms with Crippen LogP contribution in [0.4, 0.5) is 0 Å². The van der Waals surface area contributed by atoms with Gasteiger partial charge in [0.2, 0.25) is 5.91 Å². The summed E-state index contributed by atoms with van der Waals surface area (Å²) in [6.45, 7) is 7.50. The number of nitrogens with one attached hydrogen (secondary N) is 1. The van der Waals surface area contributed by atoms with Crippen LogP contribution in [0.15, 0.2) is 0 Å². The van der Waals surface area contributed by atoms with Crippen LogP contribution in [0, 0.1) is 0 Å². The lowest BCUT2D eigenvalue weighted by Gasteiger charge is -2.05. The number of carboxylic acids is 1. The Morgan fingerprint density at radius 3 is 1.38 bits per heavy atom. The molecule has 0 unspecified atom stereocenters. The molecule has 0 aromatic carbocycles. The van der Waals surface area contributed by atoms with E-state index in [1.165, 1.54) is 83.5 Å². The first-order valence-electron chi connectivity index (χ1n) is 13.0. The van der Waals surface area contributed by atoms with E-state index in [0.29, 0.717) is 6.42 Å². The number of thioether (sulfide) groups is 2. The second-order valence-electron chi connectivity index (χ2n) is 8.12. The lowest BCUT2D eigenvalue weighted by atomic mass is 10.1. The standard InChI is InChI=1S/C18H37NOS.C4H8O2S.C4H10/c1-3-4-5-6-7-8-9-10-11-12-13-14-16-19-18(20)15-17-21-2;1-7-3-2-4(5)6;1-3-4-2/h3-17H2,1-2H3,(H,19,20);2-3H2,1H3,(H,5,6);3-4H2,1-2H3. The maximum absolute atomic E-state index is 11.4. The molecular formula is C26H55NO3S2. The fourth-order valence-corrected chi connectivity index (χ4v) is 3.43. The fourth-order valence-electron chi connectivity index (χ4n) is 2.67. The molecule has 0 spiro atoms. The molecule has 0 atom stereocenters. The topological polar surface area (TPSA) is 66.4 Å². The highest BCUT2D eigenvalue weighted by Crippen LogP contribution is 2.11. The van der Waals surface area contributed by atoms with Gasteiger partial charge in [-0.2, -0.15) is 23.5 Å². The van der Waals surface area contributed by atoms with Crippen molar-refractivity contribution in [3.05, 3.63) is 0 Å². The minimum atomic E-state index is -0.714. The van der Waals surface area contributed by atoms with E-state index < -0.39 is 5.97 Å². The number of hydrogen-bond donors (Lipinski definition) is 2. The number of carbonyl (C=O) groups excluding carboxylic acids is 1. The average molecular weight is 494 g/mol. The van der Waals surface area contributed by atoms with Gasteiger partial charge in [0, 0.05) is 24.5 Å². The van der Waals surface area contributed by atoms with Crippen LogP contribution in [0.3, 0.4) is 0 Å². The maximum atomic E-state index is 11.4. The van der Waals surface area contributed by atoms with Crippen LogP contribution in [0.2, 0.25) is 0 Å². The molecule has 0 saturated heterocycles. The molecule has 6 heteroatoms. The van der Waals surface area contributed by atoms with Crippen LogP contribution in [-0.2, 0) is 9.59 Å². The largest absolute Gasteiger partial charge is 0.481 e. The van der Waals surface area contributed by atoms with Gasteiger partial charge in [0.05, 0.1) is 6.42 Å². The van der Waals surface area contributed by atoms with Crippen molar-refractivity contribution in [2.45, 2.75) is 124 Å². The lowest BCUT2D eigenvalue weighted by Crippen LogP contribution is -2.24. The average Bonchev–Trinajstić information content (AvgIpc) is 2.79. The SMILES string of the molecule is CCCC.CCCCCCCCCCCCCCNC(=O)CCSC.CSCCC(=O)O. The predicted octanol–water partition coefficient (Wildman–Crippen LogP) is 8.19. The summed E-state index contributed by atoms with van der Waals surface area (Å²) in [4.78, 5) is 21.1. The Balaban J connectivity index is -0.000000628. The Morgan fingerprint density at radius 1 is 0.625 bits per heavy atom. The molecule has 4 nitrogen and oxygen atoms in total. The molecule has 0 heterocycles. The van der Waals surface area contributed by atoms with Gasteiger partial charge < -0.3 is 10.4 Å². The van der Waals surface area contributed by atoms with Gasteiger partial charge in [-0.25, -0.2) is 0 Å². The van der Waals surface area contributed by atoms with Crippen LogP contribution < -0.4 is 5.32 Å². The Labute approximate surface area is 209 Å². The van der Waals surface area contributed by atoms with Crippen molar-refractivity contribution in [1.82, 2.24) is 5.32 Å². The third-order valence-corrected chi connectivity index (χ3v) is 6.13. The van der Waals surface area contributed by atoms with Crippen molar-refractivity contribution in [2.24, 2.45) is 0 Å². The van der Waals surface area contributed by atoms with Crippen molar-refractivity contribution >= 4 is 35.4 Å². The Morgan fingerprint density at radius 2 is 1.03 bits per heavy atom. The monoisotopic (exact) mass is 493 g/mol. The van der Waals surface area contributed by atoms with Crippen LogP contribution in [-0.4, -0.2) is 47.5 Å². The smallest absolute Gasteiger partial charge is 0.304 e. The van der Waals surface area contributed by atoms with Crippen LogP contribution in [0.1, 0.15) is 124 Å². The van der Waals surface area contributed by atoms with Crippen LogP contribution in [0.25, 0.3) is 0 Å². The maximum Gasteiger partial charge on any atom is 0.304 e. The summed E-state index contributed by atoms with van der Waals surface area (Å²) in [6, 6.07) is 0. The molecule has 0 fully saturated rings. The Hall–Kier alpha value is -0.360. The first-order chi connectivity index (χ1) is 15.5. The molecule has 32 heavy (non-hydrogen) atoms. The van der Waals surface area contributed by atoms with E-state index in [-0.39, 0.29) is 12.3 Å². The third kappa shape index (κ3) is 43.5. The zero-order valence-corrected chi connectivity index (χ0v) is 23.6. The summed E-state index contributed by atoms with van der Waals surface area (Å²) in [7, 11) is 0. The van der Waals surface area contributed by atoms with Gasteiger partial charge in [0.15, 0.2) is 0 Å². The van der Waals surface area contributed by atoms with E-state index >= 15 is 0 Å². The molecule has 194 valence electrons. The van der Waals surface area contributed by atoms with E-state index in [1.54, 1.807) is 23.5 Å². The summed E-state index contributed by atoms with van der Waals surface area (Å²) in [5, 5.41) is 11.0. The first-order valence-corrected chi connectivity index (χ1v) is 15.7. The number of aliphatic carboxylic acids is 1. The van der Waals surface area contributed by atoms with Crippen LogP contribution >= 0.6 is 23.5 Å². The molecule has 0 aromatic rings.